The second kappa shape index (κ2) is 7.51. The summed E-state index contributed by atoms with van der Waals surface area (Å²) >= 11 is 7.44. The van der Waals surface area contributed by atoms with Gasteiger partial charge in [-0.1, -0.05) is 11.6 Å². The number of carbonyl (C=O) groups excluding carboxylic acids is 1. The number of nitrogen functional groups attached to an aromatic ring is 1. The number of thioether (sulfide) groups is 1. The molecule has 0 bridgehead atoms. The Labute approximate surface area is 117 Å². The molecule has 6 heteroatoms. The van der Waals surface area contributed by atoms with E-state index in [1.807, 2.05) is 14.1 Å². The SMILES string of the molecule is CN(C)CCSCC(=O)Nc1cc(Cl)ccc1N. The molecular formula is C12H18ClN3OS. The Morgan fingerprint density at radius 3 is 2.89 bits per heavy atom. The van der Waals surface area contributed by atoms with E-state index in [0.717, 1.165) is 12.3 Å². The first-order valence-corrected chi connectivity index (χ1v) is 7.09. The summed E-state index contributed by atoms with van der Waals surface area (Å²) in [6.07, 6.45) is 0. The Hall–Kier alpha value is -0.910. The predicted octanol–water partition coefficient (Wildman–Crippen LogP) is 2.16. The first kappa shape index (κ1) is 15.1. The Morgan fingerprint density at radius 1 is 1.50 bits per heavy atom. The molecule has 0 saturated heterocycles. The summed E-state index contributed by atoms with van der Waals surface area (Å²) in [4.78, 5) is 13.8. The molecule has 100 valence electrons. The molecule has 0 fully saturated rings. The topological polar surface area (TPSA) is 58.4 Å². The fourth-order valence-corrected chi connectivity index (χ4v) is 2.30. The predicted molar refractivity (Wildman–Crippen MR) is 80.4 cm³/mol. The zero-order valence-corrected chi connectivity index (χ0v) is 12.1. The van der Waals surface area contributed by atoms with Gasteiger partial charge in [0.1, 0.15) is 0 Å². The van der Waals surface area contributed by atoms with Gasteiger partial charge in [-0.05, 0) is 32.3 Å². The zero-order chi connectivity index (χ0) is 13.5. The van der Waals surface area contributed by atoms with Gasteiger partial charge in [0, 0.05) is 17.3 Å². The van der Waals surface area contributed by atoms with Crippen molar-refractivity contribution in [3.05, 3.63) is 23.2 Å². The summed E-state index contributed by atoms with van der Waals surface area (Å²) in [6, 6.07) is 5.02. The molecule has 0 spiro atoms. The molecule has 1 aromatic rings. The molecule has 1 rings (SSSR count). The molecule has 0 aromatic heterocycles. The van der Waals surface area contributed by atoms with Crippen molar-refractivity contribution in [3.8, 4) is 0 Å². The summed E-state index contributed by atoms with van der Waals surface area (Å²) in [5.41, 5.74) is 6.84. The fraction of sp³-hybridized carbons (Fsp3) is 0.417. The number of benzene rings is 1. The van der Waals surface area contributed by atoms with E-state index in [9.17, 15) is 4.79 Å². The summed E-state index contributed by atoms with van der Waals surface area (Å²) in [5, 5.41) is 3.31. The second-order valence-corrected chi connectivity index (χ2v) is 5.68. The van der Waals surface area contributed by atoms with Crippen LogP contribution in [-0.4, -0.2) is 43.0 Å². The molecule has 0 aliphatic rings. The van der Waals surface area contributed by atoms with Crippen molar-refractivity contribution in [3.63, 3.8) is 0 Å². The minimum absolute atomic E-state index is 0.0623. The van der Waals surface area contributed by atoms with Gasteiger partial charge in [-0.25, -0.2) is 0 Å². The van der Waals surface area contributed by atoms with Crippen molar-refractivity contribution in [2.24, 2.45) is 0 Å². The van der Waals surface area contributed by atoms with Crippen LogP contribution in [0.15, 0.2) is 18.2 Å². The molecule has 3 N–H and O–H groups in total. The number of halogens is 1. The highest BCUT2D eigenvalue weighted by molar-refractivity contribution is 7.99. The lowest BCUT2D eigenvalue weighted by Gasteiger charge is -2.10. The smallest absolute Gasteiger partial charge is 0.234 e. The fourth-order valence-electron chi connectivity index (χ4n) is 1.24. The average molecular weight is 288 g/mol. The minimum atomic E-state index is -0.0623. The Balaban J connectivity index is 2.38. The van der Waals surface area contributed by atoms with E-state index in [1.165, 1.54) is 0 Å². The molecular weight excluding hydrogens is 270 g/mol. The van der Waals surface area contributed by atoms with Gasteiger partial charge < -0.3 is 16.0 Å². The minimum Gasteiger partial charge on any atom is -0.397 e. The number of rotatable bonds is 6. The van der Waals surface area contributed by atoms with E-state index in [0.29, 0.717) is 22.2 Å². The maximum atomic E-state index is 11.7. The van der Waals surface area contributed by atoms with E-state index >= 15 is 0 Å². The monoisotopic (exact) mass is 287 g/mol. The van der Waals surface area contributed by atoms with Crippen LogP contribution in [0.1, 0.15) is 0 Å². The number of nitrogens with zero attached hydrogens (tertiary/aromatic N) is 1. The van der Waals surface area contributed by atoms with Crippen LogP contribution in [0.25, 0.3) is 0 Å². The number of anilines is 2. The van der Waals surface area contributed by atoms with Crippen molar-refractivity contribution in [1.29, 1.82) is 0 Å². The third kappa shape index (κ3) is 5.62. The van der Waals surface area contributed by atoms with Crippen LogP contribution in [0.2, 0.25) is 5.02 Å². The Morgan fingerprint density at radius 2 is 2.22 bits per heavy atom. The lowest BCUT2D eigenvalue weighted by Crippen LogP contribution is -2.18. The van der Waals surface area contributed by atoms with Crippen LogP contribution < -0.4 is 11.1 Å². The molecule has 0 aliphatic heterocycles. The van der Waals surface area contributed by atoms with Crippen LogP contribution >= 0.6 is 23.4 Å². The lowest BCUT2D eigenvalue weighted by atomic mass is 10.2. The molecule has 1 aromatic carbocycles. The van der Waals surface area contributed by atoms with E-state index in [-0.39, 0.29) is 5.91 Å². The quantitative estimate of drug-likeness (QED) is 0.622. The molecule has 0 radical (unpaired) electrons. The van der Waals surface area contributed by atoms with Crippen molar-refractivity contribution >= 4 is 40.6 Å². The van der Waals surface area contributed by atoms with E-state index in [1.54, 1.807) is 30.0 Å². The third-order valence-electron chi connectivity index (χ3n) is 2.21. The van der Waals surface area contributed by atoms with E-state index in [4.69, 9.17) is 17.3 Å². The van der Waals surface area contributed by atoms with Gasteiger partial charge in [-0.15, -0.1) is 0 Å². The van der Waals surface area contributed by atoms with Crippen LogP contribution in [0, 0.1) is 0 Å². The number of nitrogens with one attached hydrogen (secondary N) is 1. The van der Waals surface area contributed by atoms with Crippen LogP contribution in [-0.2, 0) is 4.79 Å². The van der Waals surface area contributed by atoms with Gasteiger partial charge in [0.05, 0.1) is 17.1 Å². The standard InChI is InChI=1S/C12H18ClN3OS/c1-16(2)5-6-18-8-12(17)15-11-7-9(13)3-4-10(11)14/h3-4,7H,5-6,8,14H2,1-2H3,(H,15,17). The summed E-state index contributed by atoms with van der Waals surface area (Å²) in [7, 11) is 4.01. The zero-order valence-electron chi connectivity index (χ0n) is 10.6. The van der Waals surface area contributed by atoms with Gasteiger partial charge in [-0.2, -0.15) is 11.8 Å². The second-order valence-electron chi connectivity index (χ2n) is 4.14. The number of nitrogens with two attached hydrogens (primary N) is 1. The van der Waals surface area contributed by atoms with Gasteiger partial charge in [0.25, 0.3) is 0 Å². The van der Waals surface area contributed by atoms with E-state index < -0.39 is 0 Å². The molecule has 0 unspecified atom stereocenters. The average Bonchev–Trinajstić information content (AvgIpc) is 2.29. The summed E-state index contributed by atoms with van der Waals surface area (Å²) < 4.78 is 0. The molecule has 0 heterocycles. The van der Waals surface area contributed by atoms with Crippen LogP contribution in [0.5, 0.6) is 0 Å². The number of carbonyl (C=O) groups is 1. The van der Waals surface area contributed by atoms with Gasteiger partial charge in [0.15, 0.2) is 0 Å². The van der Waals surface area contributed by atoms with E-state index in [2.05, 4.69) is 10.2 Å². The van der Waals surface area contributed by atoms with Crippen molar-refractivity contribution in [2.75, 3.05) is 43.2 Å². The molecule has 0 atom stereocenters. The highest BCUT2D eigenvalue weighted by atomic mass is 35.5. The summed E-state index contributed by atoms with van der Waals surface area (Å²) in [5.74, 6) is 1.28. The summed E-state index contributed by atoms with van der Waals surface area (Å²) in [6.45, 7) is 0.956. The van der Waals surface area contributed by atoms with Gasteiger partial charge in [-0.3, -0.25) is 4.79 Å². The maximum absolute atomic E-state index is 11.7. The molecule has 4 nitrogen and oxygen atoms in total. The van der Waals surface area contributed by atoms with Crippen LogP contribution in [0.4, 0.5) is 11.4 Å². The largest absolute Gasteiger partial charge is 0.397 e. The molecule has 1 amide bonds. The van der Waals surface area contributed by atoms with Gasteiger partial charge >= 0.3 is 0 Å². The first-order valence-electron chi connectivity index (χ1n) is 5.56. The molecule has 18 heavy (non-hydrogen) atoms. The molecule has 0 saturated carbocycles. The van der Waals surface area contributed by atoms with Crippen molar-refractivity contribution in [1.82, 2.24) is 4.90 Å². The number of amides is 1. The first-order chi connectivity index (χ1) is 8.49. The van der Waals surface area contributed by atoms with Crippen molar-refractivity contribution < 1.29 is 4.79 Å². The van der Waals surface area contributed by atoms with Gasteiger partial charge in [0.2, 0.25) is 5.91 Å². The van der Waals surface area contributed by atoms with Crippen molar-refractivity contribution in [2.45, 2.75) is 0 Å². The lowest BCUT2D eigenvalue weighted by molar-refractivity contribution is -0.113. The number of hydrogen-bond donors (Lipinski definition) is 2. The maximum Gasteiger partial charge on any atom is 0.234 e. The number of hydrogen-bond acceptors (Lipinski definition) is 4. The highest BCUT2D eigenvalue weighted by Gasteiger charge is 2.06. The Kier molecular flexibility index (Phi) is 6.32. The van der Waals surface area contributed by atoms with Crippen LogP contribution in [0.3, 0.4) is 0 Å². The Bertz CT molecular complexity index is 412. The molecule has 0 aliphatic carbocycles. The normalized spacial score (nSPS) is 10.7. The third-order valence-corrected chi connectivity index (χ3v) is 3.38. The highest BCUT2D eigenvalue weighted by Crippen LogP contribution is 2.22.